The molecule has 0 saturated heterocycles. The molecule has 2 N–H and O–H groups in total. The zero-order chi connectivity index (χ0) is 22.1. The Morgan fingerprint density at radius 2 is 2.00 bits per heavy atom. The molecular formula is C24H32N4O3. The van der Waals surface area contributed by atoms with Crippen LogP contribution in [0.2, 0.25) is 0 Å². The van der Waals surface area contributed by atoms with Crippen LogP contribution < -0.4 is 15.4 Å². The number of rotatable bonds is 5. The van der Waals surface area contributed by atoms with Crippen LogP contribution in [0.1, 0.15) is 50.0 Å². The van der Waals surface area contributed by atoms with Gasteiger partial charge in [0.25, 0.3) is 5.91 Å². The van der Waals surface area contributed by atoms with E-state index < -0.39 is 0 Å². The number of hydrogen-bond acceptors (Lipinski definition) is 5. The van der Waals surface area contributed by atoms with Gasteiger partial charge in [0.1, 0.15) is 17.3 Å². The van der Waals surface area contributed by atoms with Crippen molar-refractivity contribution < 1.29 is 14.3 Å². The highest BCUT2D eigenvalue weighted by atomic mass is 16.5. The molecule has 2 amide bonds. The Morgan fingerprint density at radius 3 is 2.84 bits per heavy atom. The number of hydrogen-bond donors (Lipinski definition) is 2. The van der Waals surface area contributed by atoms with E-state index >= 15 is 0 Å². The van der Waals surface area contributed by atoms with Gasteiger partial charge in [-0.3, -0.25) is 9.59 Å². The molecule has 0 atom stereocenters. The Balaban J connectivity index is 1.77. The molecule has 1 aliphatic rings. The number of para-hydroxylation sites is 2. The minimum Gasteiger partial charge on any atom is -0.491 e. The molecule has 7 nitrogen and oxygen atoms in total. The number of aromatic nitrogens is 1. The molecule has 0 spiro atoms. The van der Waals surface area contributed by atoms with Gasteiger partial charge in [-0.15, -0.1) is 0 Å². The SMILES string of the molecule is CC(C)CCNC(=O)CN1CCCCCOc2ccccc2Nc2cccc(n2)C1=O. The summed E-state index contributed by atoms with van der Waals surface area (Å²) in [5, 5.41) is 6.16. The van der Waals surface area contributed by atoms with Crippen molar-refractivity contribution in [1.82, 2.24) is 15.2 Å². The van der Waals surface area contributed by atoms with Crippen LogP contribution in [-0.2, 0) is 4.79 Å². The molecule has 31 heavy (non-hydrogen) atoms. The summed E-state index contributed by atoms with van der Waals surface area (Å²) in [6.07, 6.45) is 3.49. The highest BCUT2D eigenvalue weighted by Crippen LogP contribution is 2.27. The summed E-state index contributed by atoms with van der Waals surface area (Å²) in [5.74, 6) is 1.47. The quantitative estimate of drug-likeness (QED) is 0.758. The van der Waals surface area contributed by atoms with Crippen LogP contribution in [-0.4, -0.2) is 47.9 Å². The van der Waals surface area contributed by atoms with Gasteiger partial charge in [0.05, 0.1) is 18.8 Å². The number of carbonyl (C=O) groups excluding carboxylic acids is 2. The van der Waals surface area contributed by atoms with Gasteiger partial charge in [0, 0.05) is 13.1 Å². The molecule has 1 aromatic heterocycles. The molecule has 2 bridgehead atoms. The summed E-state index contributed by atoms with van der Waals surface area (Å²) in [4.78, 5) is 31.7. The fraction of sp³-hybridized carbons (Fsp3) is 0.458. The van der Waals surface area contributed by atoms with Crippen LogP contribution in [0.25, 0.3) is 0 Å². The number of nitrogens with zero attached hydrogens (tertiary/aromatic N) is 2. The second-order valence-electron chi connectivity index (χ2n) is 8.20. The van der Waals surface area contributed by atoms with Crippen molar-refractivity contribution in [3.8, 4) is 5.75 Å². The van der Waals surface area contributed by atoms with Gasteiger partial charge in [0.2, 0.25) is 5.91 Å². The molecule has 2 aromatic rings. The molecule has 0 aliphatic carbocycles. The monoisotopic (exact) mass is 424 g/mol. The number of pyridine rings is 1. The molecule has 0 fully saturated rings. The first-order valence-electron chi connectivity index (χ1n) is 11.0. The van der Waals surface area contributed by atoms with Crippen molar-refractivity contribution in [1.29, 1.82) is 0 Å². The first-order valence-corrected chi connectivity index (χ1v) is 11.0. The molecule has 7 heteroatoms. The lowest BCUT2D eigenvalue weighted by molar-refractivity contribution is -0.121. The minimum absolute atomic E-state index is 0.0373. The van der Waals surface area contributed by atoms with Crippen LogP contribution in [0.15, 0.2) is 42.5 Å². The maximum atomic E-state index is 13.2. The zero-order valence-electron chi connectivity index (χ0n) is 18.4. The van der Waals surface area contributed by atoms with Crippen molar-refractivity contribution >= 4 is 23.3 Å². The summed E-state index contributed by atoms with van der Waals surface area (Å²) in [5.41, 5.74) is 1.12. The van der Waals surface area contributed by atoms with E-state index in [1.807, 2.05) is 30.3 Å². The van der Waals surface area contributed by atoms with E-state index in [0.29, 0.717) is 37.1 Å². The Kier molecular flexibility index (Phi) is 8.27. The van der Waals surface area contributed by atoms with Crippen LogP contribution in [0.4, 0.5) is 11.5 Å². The Labute approximate surface area is 184 Å². The second kappa shape index (κ2) is 11.3. The van der Waals surface area contributed by atoms with Gasteiger partial charge in [-0.1, -0.05) is 32.0 Å². The molecule has 0 unspecified atom stereocenters. The molecule has 166 valence electrons. The van der Waals surface area contributed by atoms with Crippen LogP contribution in [0.3, 0.4) is 0 Å². The molecule has 3 rings (SSSR count). The largest absolute Gasteiger partial charge is 0.491 e. The van der Waals surface area contributed by atoms with Crippen molar-refractivity contribution in [2.45, 2.75) is 39.5 Å². The van der Waals surface area contributed by atoms with E-state index in [2.05, 4.69) is 29.5 Å². The Morgan fingerprint density at radius 1 is 1.16 bits per heavy atom. The minimum atomic E-state index is -0.232. The topological polar surface area (TPSA) is 83.6 Å². The van der Waals surface area contributed by atoms with Gasteiger partial charge in [-0.25, -0.2) is 4.98 Å². The average Bonchev–Trinajstić information content (AvgIpc) is 2.75. The molecular weight excluding hydrogens is 392 g/mol. The summed E-state index contributed by atoms with van der Waals surface area (Å²) in [6.45, 7) is 5.99. The molecule has 0 saturated carbocycles. The number of fused-ring (bicyclic) bond motifs is 3. The van der Waals surface area contributed by atoms with Crippen molar-refractivity contribution in [2.75, 3.05) is 31.6 Å². The fourth-order valence-electron chi connectivity index (χ4n) is 3.36. The maximum absolute atomic E-state index is 13.2. The van der Waals surface area contributed by atoms with E-state index in [1.54, 1.807) is 17.0 Å². The standard InChI is InChI=1S/C24H32N4O3/c1-18(2)13-14-25-23(29)17-28-15-6-3-7-16-31-21-11-5-4-9-19(21)26-22-12-8-10-20(27-22)24(28)30/h4-5,8-12,18H,3,6-7,13-17H2,1-2H3,(H,25,29)(H,26,27). The van der Waals surface area contributed by atoms with Crippen LogP contribution in [0, 0.1) is 5.92 Å². The number of carbonyl (C=O) groups is 2. The summed E-state index contributed by atoms with van der Waals surface area (Å²) < 4.78 is 5.95. The van der Waals surface area contributed by atoms with Gasteiger partial charge < -0.3 is 20.3 Å². The zero-order valence-corrected chi connectivity index (χ0v) is 18.4. The highest BCUT2D eigenvalue weighted by Gasteiger charge is 2.20. The van der Waals surface area contributed by atoms with Gasteiger partial charge in [-0.2, -0.15) is 0 Å². The van der Waals surface area contributed by atoms with E-state index in [1.165, 1.54) is 0 Å². The van der Waals surface area contributed by atoms with Crippen molar-refractivity contribution in [3.05, 3.63) is 48.2 Å². The van der Waals surface area contributed by atoms with Gasteiger partial charge >= 0.3 is 0 Å². The summed E-state index contributed by atoms with van der Waals surface area (Å²) >= 11 is 0. The number of anilines is 2. The number of ether oxygens (including phenoxy) is 1. The lowest BCUT2D eigenvalue weighted by Gasteiger charge is -2.23. The van der Waals surface area contributed by atoms with Gasteiger partial charge in [-0.05, 0) is 55.9 Å². The molecule has 0 radical (unpaired) electrons. The van der Waals surface area contributed by atoms with Crippen molar-refractivity contribution in [3.63, 3.8) is 0 Å². The molecule has 1 aliphatic heterocycles. The third-order valence-corrected chi connectivity index (χ3v) is 5.11. The normalized spacial score (nSPS) is 14.8. The Bertz CT molecular complexity index is 885. The highest BCUT2D eigenvalue weighted by molar-refractivity contribution is 5.95. The number of nitrogens with one attached hydrogen (secondary N) is 2. The van der Waals surface area contributed by atoms with Crippen molar-refractivity contribution in [2.24, 2.45) is 5.92 Å². The predicted octanol–water partition coefficient (Wildman–Crippen LogP) is 3.99. The van der Waals surface area contributed by atoms with E-state index in [9.17, 15) is 9.59 Å². The van der Waals surface area contributed by atoms with Crippen LogP contribution >= 0.6 is 0 Å². The van der Waals surface area contributed by atoms with E-state index in [4.69, 9.17) is 4.74 Å². The predicted molar refractivity (Wildman–Crippen MR) is 122 cm³/mol. The summed E-state index contributed by atoms with van der Waals surface area (Å²) in [7, 11) is 0. The molecule has 1 aromatic carbocycles. The third kappa shape index (κ3) is 6.98. The third-order valence-electron chi connectivity index (χ3n) is 5.11. The molecule has 2 heterocycles. The smallest absolute Gasteiger partial charge is 0.273 e. The maximum Gasteiger partial charge on any atom is 0.273 e. The van der Waals surface area contributed by atoms with Crippen LogP contribution in [0.5, 0.6) is 5.75 Å². The van der Waals surface area contributed by atoms with E-state index in [-0.39, 0.29) is 18.4 Å². The number of amides is 2. The first-order chi connectivity index (χ1) is 15.0. The lowest BCUT2D eigenvalue weighted by Crippen LogP contribution is -2.42. The summed E-state index contributed by atoms with van der Waals surface area (Å²) in [6, 6.07) is 13.0. The average molecular weight is 425 g/mol. The Hall–Kier alpha value is -3.09. The van der Waals surface area contributed by atoms with E-state index in [0.717, 1.165) is 37.1 Å². The number of benzene rings is 1. The lowest BCUT2D eigenvalue weighted by atomic mass is 10.1. The first kappa shape index (κ1) is 22.6. The van der Waals surface area contributed by atoms with Gasteiger partial charge in [0.15, 0.2) is 0 Å². The fourth-order valence-corrected chi connectivity index (χ4v) is 3.36. The second-order valence-corrected chi connectivity index (χ2v) is 8.20.